The van der Waals surface area contributed by atoms with Gasteiger partial charge in [0.25, 0.3) is 0 Å². The standard InChI is InChI=1S/C46H70O14/c1-10-30-12-11-13-31-23-53-43-39(47)26(4)18-34(46(31,43)50)44(49)56-33-19-32(60-45(22-33)17-16-24(2)27(5)59-45)15-14-25(3)41(30)57-38-21-36(52-9)42(29(7)55-38)58-37-20-35(51-8)40(48)28(6)54-37/h11-14,18,24,27-30,32-43,47-48,50H,10,15-17,19-23H2,1-9H3/b12-11+,25-14+,31-13+/t24-,27+,28-,29-,30-,32+,33-,34-,35-,36-,37-,38-,39-,40-,41+,42-,43+,45-,46+/m0/s1. The van der Waals surface area contributed by atoms with Gasteiger partial charge >= 0.3 is 5.97 Å². The average Bonchev–Trinajstić information content (AvgIpc) is 3.55. The van der Waals surface area contributed by atoms with Crippen molar-refractivity contribution in [1.29, 1.82) is 0 Å². The molecule has 1 aliphatic carbocycles. The van der Waals surface area contributed by atoms with Crippen molar-refractivity contribution in [1.82, 2.24) is 0 Å². The van der Waals surface area contributed by atoms with Gasteiger partial charge in [0.1, 0.15) is 42.0 Å². The van der Waals surface area contributed by atoms with Gasteiger partial charge in [-0.05, 0) is 76.5 Å². The molecule has 0 aromatic heterocycles. The van der Waals surface area contributed by atoms with Crippen molar-refractivity contribution < 1.29 is 67.5 Å². The van der Waals surface area contributed by atoms with Crippen molar-refractivity contribution in [3.63, 3.8) is 0 Å². The highest BCUT2D eigenvalue weighted by Crippen LogP contribution is 2.47. The van der Waals surface area contributed by atoms with Crippen molar-refractivity contribution in [2.24, 2.45) is 17.8 Å². The molecule has 2 bridgehead atoms. The number of methoxy groups -OCH3 is 2. The molecule has 6 aliphatic heterocycles. The van der Waals surface area contributed by atoms with Crippen molar-refractivity contribution >= 4 is 5.97 Å². The molecule has 5 saturated heterocycles. The van der Waals surface area contributed by atoms with Gasteiger partial charge in [-0.3, -0.25) is 4.79 Å². The third-order valence-corrected chi connectivity index (χ3v) is 14.3. The number of rotatable bonds is 7. The van der Waals surface area contributed by atoms with Crippen LogP contribution in [0.25, 0.3) is 0 Å². The van der Waals surface area contributed by atoms with Crippen molar-refractivity contribution in [3.8, 4) is 0 Å². The average molecular weight is 847 g/mol. The van der Waals surface area contributed by atoms with Crippen molar-refractivity contribution in [2.75, 3.05) is 20.8 Å². The normalized spacial score (nSPS) is 50.1. The van der Waals surface area contributed by atoms with Gasteiger partial charge in [-0.15, -0.1) is 0 Å². The molecule has 19 atom stereocenters. The Labute approximate surface area is 355 Å². The summed E-state index contributed by atoms with van der Waals surface area (Å²) in [6.07, 6.45) is 6.40. The molecule has 14 heteroatoms. The highest BCUT2D eigenvalue weighted by Gasteiger charge is 2.60. The second kappa shape index (κ2) is 19.0. The van der Waals surface area contributed by atoms with Crippen molar-refractivity contribution in [3.05, 3.63) is 47.1 Å². The largest absolute Gasteiger partial charge is 0.462 e. The van der Waals surface area contributed by atoms with Crippen LogP contribution in [0.1, 0.15) is 99.8 Å². The van der Waals surface area contributed by atoms with E-state index in [0.717, 1.165) is 18.4 Å². The van der Waals surface area contributed by atoms with Crippen LogP contribution in [-0.4, -0.2) is 139 Å². The van der Waals surface area contributed by atoms with Crippen LogP contribution in [-0.2, 0) is 52.2 Å². The Kier molecular flexibility index (Phi) is 14.5. The maximum Gasteiger partial charge on any atom is 0.316 e. The van der Waals surface area contributed by atoms with Crippen LogP contribution in [0, 0.1) is 17.8 Å². The number of allylic oxidation sites excluding steroid dienone is 2. The monoisotopic (exact) mass is 846 g/mol. The van der Waals surface area contributed by atoms with E-state index < -0.39 is 90.8 Å². The minimum Gasteiger partial charge on any atom is -0.462 e. The third-order valence-electron chi connectivity index (χ3n) is 14.3. The molecule has 0 radical (unpaired) electrons. The molecule has 3 N–H and O–H groups in total. The summed E-state index contributed by atoms with van der Waals surface area (Å²) in [6.45, 7) is 13.9. The number of esters is 1. The molecule has 14 nitrogen and oxygen atoms in total. The summed E-state index contributed by atoms with van der Waals surface area (Å²) in [7, 11) is 3.23. The highest BCUT2D eigenvalue weighted by molar-refractivity contribution is 5.78. The number of hydrogen-bond donors (Lipinski definition) is 3. The molecule has 0 aromatic carbocycles. The second-order valence-electron chi connectivity index (χ2n) is 18.4. The topological polar surface area (TPSA) is 170 Å². The third kappa shape index (κ3) is 9.28. The summed E-state index contributed by atoms with van der Waals surface area (Å²) >= 11 is 0. The molecule has 7 aliphatic rings. The van der Waals surface area contributed by atoms with E-state index in [2.05, 4.69) is 39.8 Å². The fourth-order valence-corrected chi connectivity index (χ4v) is 10.4. The molecule has 0 amide bonds. The molecule has 5 fully saturated rings. The van der Waals surface area contributed by atoms with Gasteiger partial charge in [-0.25, -0.2) is 0 Å². The zero-order valence-electron chi connectivity index (χ0n) is 36.9. The molecular formula is C46H70O14. The van der Waals surface area contributed by atoms with Crippen LogP contribution < -0.4 is 0 Å². The van der Waals surface area contributed by atoms with Crippen LogP contribution in [0.15, 0.2) is 47.1 Å². The van der Waals surface area contributed by atoms with Gasteiger partial charge in [0.05, 0.1) is 49.3 Å². The maximum atomic E-state index is 14.3. The first kappa shape index (κ1) is 46.0. The fraction of sp³-hybridized carbons (Fsp3) is 0.804. The summed E-state index contributed by atoms with van der Waals surface area (Å²) < 4.78 is 63.5. The molecule has 0 saturated carbocycles. The lowest BCUT2D eigenvalue weighted by Crippen LogP contribution is -2.58. The number of fused-ring (bicyclic) bond motifs is 2. The first-order valence-electron chi connectivity index (χ1n) is 22.3. The quantitative estimate of drug-likeness (QED) is 0.232. The minimum atomic E-state index is -1.82. The SMILES string of the molecule is CC[C@H]1/C=C/C=C2\CO[C@@H]3[C@@H](O)C(C)=C[C@@H](C(=O)O[C@H]4C[C@@H](C/C=C(\C)[C@H]1O[C@H]1C[C@H](OC)[C@@H](O[C@H]5C[C@H](OC)[C@@H](O)[C@H](C)O5)[C@H](C)O1)O[C@@]1(CC[C@H](C)[C@@H](C)O1)C4)[C@]23O. The molecule has 338 valence electrons. The molecule has 0 aromatic rings. The van der Waals surface area contributed by atoms with Gasteiger partial charge in [-0.1, -0.05) is 44.2 Å². The number of aliphatic hydroxyl groups excluding tert-OH is 2. The first-order valence-corrected chi connectivity index (χ1v) is 22.3. The summed E-state index contributed by atoms with van der Waals surface area (Å²) in [5.74, 6) is -2.34. The number of hydrogen-bond acceptors (Lipinski definition) is 14. The Morgan fingerprint density at radius 1 is 0.883 bits per heavy atom. The molecular weight excluding hydrogens is 776 g/mol. The zero-order chi connectivity index (χ0) is 43.1. The predicted octanol–water partition coefficient (Wildman–Crippen LogP) is 4.97. The fourth-order valence-electron chi connectivity index (χ4n) is 10.4. The Bertz CT molecular complexity index is 1630. The van der Waals surface area contributed by atoms with Crippen LogP contribution in [0.2, 0.25) is 0 Å². The van der Waals surface area contributed by atoms with E-state index in [0.29, 0.717) is 55.6 Å². The Morgan fingerprint density at radius 2 is 1.60 bits per heavy atom. The van der Waals surface area contributed by atoms with Gasteiger partial charge < -0.3 is 62.7 Å². The van der Waals surface area contributed by atoms with Crippen LogP contribution in [0.4, 0.5) is 0 Å². The molecule has 0 unspecified atom stereocenters. The first-order chi connectivity index (χ1) is 28.6. The molecule has 6 heterocycles. The smallest absolute Gasteiger partial charge is 0.316 e. The molecule has 1 spiro atoms. The Balaban J connectivity index is 1.18. The lowest BCUT2D eigenvalue weighted by molar-refractivity contribution is -0.332. The Morgan fingerprint density at radius 3 is 2.32 bits per heavy atom. The van der Waals surface area contributed by atoms with Gasteiger partial charge in [0.2, 0.25) is 0 Å². The van der Waals surface area contributed by atoms with E-state index in [9.17, 15) is 20.1 Å². The summed E-state index contributed by atoms with van der Waals surface area (Å²) in [5.41, 5.74) is 0.212. The van der Waals surface area contributed by atoms with Crippen molar-refractivity contribution in [2.45, 2.75) is 197 Å². The van der Waals surface area contributed by atoms with Crippen LogP contribution in [0.3, 0.4) is 0 Å². The van der Waals surface area contributed by atoms with Gasteiger partial charge in [0, 0.05) is 52.2 Å². The maximum absolute atomic E-state index is 14.3. The van der Waals surface area contributed by atoms with E-state index in [4.69, 9.17) is 47.4 Å². The summed E-state index contributed by atoms with van der Waals surface area (Å²) in [5, 5.41) is 34.2. The number of carbonyl (C=O) groups excluding carboxylic acids is 1. The lowest BCUT2D eigenvalue weighted by atomic mass is 9.71. The Hall–Kier alpha value is -2.05. The number of aliphatic hydroxyl groups is 3. The second-order valence-corrected chi connectivity index (χ2v) is 18.4. The lowest BCUT2D eigenvalue weighted by Gasteiger charge is -2.49. The highest BCUT2D eigenvalue weighted by atomic mass is 16.7. The molecule has 60 heavy (non-hydrogen) atoms. The summed E-state index contributed by atoms with van der Waals surface area (Å²) in [6, 6.07) is 0. The summed E-state index contributed by atoms with van der Waals surface area (Å²) in [4.78, 5) is 14.3. The zero-order valence-corrected chi connectivity index (χ0v) is 36.9. The minimum absolute atomic E-state index is 0.0400. The molecule has 7 rings (SSSR count). The van der Waals surface area contributed by atoms with Gasteiger partial charge in [-0.2, -0.15) is 0 Å². The number of carbonyl (C=O) groups is 1. The van der Waals surface area contributed by atoms with E-state index in [-0.39, 0.29) is 30.8 Å². The van der Waals surface area contributed by atoms with Crippen LogP contribution >= 0.6 is 0 Å². The van der Waals surface area contributed by atoms with E-state index in [1.165, 1.54) is 0 Å². The number of ether oxygens (including phenoxy) is 10. The van der Waals surface area contributed by atoms with E-state index in [1.807, 2.05) is 13.0 Å². The van der Waals surface area contributed by atoms with Gasteiger partial charge in [0.15, 0.2) is 18.4 Å². The van der Waals surface area contributed by atoms with E-state index in [1.54, 1.807) is 40.2 Å². The van der Waals surface area contributed by atoms with E-state index >= 15 is 0 Å². The predicted molar refractivity (Wildman–Crippen MR) is 218 cm³/mol. The van der Waals surface area contributed by atoms with Crippen LogP contribution in [0.5, 0.6) is 0 Å².